The summed E-state index contributed by atoms with van der Waals surface area (Å²) in [5.41, 5.74) is 0.500. The van der Waals surface area contributed by atoms with E-state index < -0.39 is 0 Å². The van der Waals surface area contributed by atoms with E-state index in [9.17, 15) is 9.59 Å². The fraction of sp³-hybridized carbons (Fsp3) is 0.312. The maximum Gasteiger partial charge on any atom is 0.291 e. The number of H-pyrrole nitrogens is 2. The van der Waals surface area contributed by atoms with Gasteiger partial charge < -0.3 is 9.88 Å². The Morgan fingerprint density at radius 2 is 2.32 bits per heavy atom. The van der Waals surface area contributed by atoms with Gasteiger partial charge >= 0.3 is 0 Å². The van der Waals surface area contributed by atoms with Crippen LogP contribution in [0.2, 0.25) is 0 Å². The van der Waals surface area contributed by atoms with Crippen LogP contribution in [0.1, 0.15) is 35.2 Å². The second-order valence-electron chi connectivity index (χ2n) is 5.92. The number of rotatable bonds is 3. The van der Waals surface area contributed by atoms with Crippen LogP contribution in [0.15, 0.2) is 34.7 Å². The molecule has 3 aromatic heterocycles. The number of hydrogen-bond acceptors (Lipinski definition) is 6. The number of thiophene rings is 1. The first-order chi connectivity index (χ1) is 12.2. The maximum atomic E-state index is 12.5. The molecule has 1 atom stereocenters. The van der Waals surface area contributed by atoms with Gasteiger partial charge in [0, 0.05) is 25.1 Å². The molecular formula is C16H16N6O2S. The summed E-state index contributed by atoms with van der Waals surface area (Å²) in [6.07, 6.45) is 3.03. The van der Waals surface area contributed by atoms with E-state index in [1.54, 1.807) is 16.2 Å². The average Bonchev–Trinajstić information content (AvgIpc) is 3.34. The molecule has 0 aromatic carbocycles. The van der Waals surface area contributed by atoms with E-state index in [1.165, 1.54) is 12.4 Å². The monoisotopic (exact) mass is 356 g/mol. The highest BCUT2D eigenvalue weighted by Crippen LogP contribution is 2.27. The standard InChI is InChI=1S/C16H16N6O2S/c23-13-7-11(12-4-2-6-25-12)19-14(20-13)10-3-1-5-22(8-10)16(24)15-17-9-18-21-15/h2,4,6-7,9-10H,1,3,5,8H2,(H,17,18,21)(H,19,20,23)/t10-/m0/s1. The lowest BCUT2D eigenvalue weighted by Crippen LogP contribution is -2.40. The number of nitrogens with one attached hydrogen (secondary N) is 2. The molecule has 2 N–H and O–H groups in total. The van der Waals surface area contributed by atoms with Crippen molar-refractivity contribution in [3.63, 3.8) is 0 Å². The molecule has 0 radical (unpaired) electrons. The molecule has 0 unspecified atom stereocenters. The van der Waals surface area contributed by atoms with Gasteiger partial charge in [-0.1, -0.05) is 6.07 Å². The molecule has 1 aliphatic heterocycles. The van der Waals surface area contributed by atoms with Crippen LogP contribution < -0.4 is 5.56 Å². The number of nitrogens with zero attached hydrogens (tertiary/aromatic N) is 4. The van der Waals surface area contributed by atoms with Gasteiger partial charge in [0.1, 0.15) is 12.2 Å². The Bertz CT molecular complexity index is 919. The average molecular weight is 356 g/mol. The van der Waals surface area contributed by atoms with Crippen molar-refractivity contribution in [1.29, 1.82) is 0 Å². The highest BCUT2D eigenvalue weighted by molar-refractivity contribution is 7.13. The van der Waals surface area contributed by atoms with Gasteiger partial charge in [0.2, 0.25) is 5.82 Å². The first kappa shape index (κ1) is 15.7. The van der Waals surface area contributed by atoms with E-state index in [2.05, 4.69) is 25.1 Å². The molecule has 4 rings (SSSR count). The number of aromatic amines is 2. The van der Waals surface area contributed by atoms with Gasteiger partial charge in [0.05, 0.1) is 10.6 Å². The zero-order chi connectivity index (χ0) is 17.2. The normalized spacial score (nSPS) is 17.6. The summed E-state index contributed by atoms with van der Waals surface area (Å²) in [7, 11) is 0. The van der Waals surface area contributed by atoms with Gasteiger partial charge in [-0.05, 0) is 24.3 Å². The van der Waals surface area contributed by atoms with E-state index in [0.717, 1.165) is 17.7 Å². The van der Waals surface area contributed by atoms with Gasteiger partial charge in [-0.25, -0.2) is 9.97 Å². The Morgan fingerprint density at radius 1 is 1.40 bits per heavy atom. The molecule has 8 nitrogen and oxygen atoms in total. The predicted molar refractivity (Wildman–Crippen MR) is 92.4 cm³/mol. The fourth-order valence-corrected chi connectivity index (χ4v) is 3.75. The van der Waals surface area contributed by atoms with Crippen LogP contribution >= 0.6 is 11.3 Å². The lowest BCUT2D eigenvalue weighted by molar-refractivity contribution is 0.0692. The summed E-state index contributed by atoms with van der Waals surface area (Å²) >= 11 is 1.54. The molecule has 1 amide bonds. The summed E-state index contributed by atoms with van der Waals surface area (Å²) < 4.78 is 0. The molecule has 0 bridgehead atoms. The minimum atomic E-state index is -0.182. The molecule has 128 valence electrons. The predicted octanol–water partition coefficient (Wildman–Crippen LogP) is 1.64. The molecule has 4 heterocycles. The van der Waals surface area contributed by atoms with E-state index in [-0.39, 0.29) is 23.2 Å². The zero-order valence-electron chi connectivity index (χ0n) is 13.3. The largest absolute Gasteiger partial charge is 0.335 e. The molecule has 0 saturated carbocycles. The third-order valence-electron chi connectivity index (χ3n) is 4.25. The van der Waals surface area contributed by atoms with Gasteiger partial charge in [-0.15, -0.1) is 11.3 Å². The molecule has 3 aromatic rings. The van der Waals surface area contributed by atoms with Crippen LogP contribution in [-0.4, -0.2) is 49.0 Å². The van der Waals surface area contributed by atoms with Crippen LogP contribution in [0, 0.1) is 0 Å². The number of likely N-dealkylation sites (tertiary alicyclic amines) is 1. The Balaban J connectivity index is 1.59. The summed E-state index contributed by atoms with van der Waals surface area (Å²) in [5.74, 6) is 0.674. The summed E-state index contributed by atoms with van der Waals surface area (Å²) in [6, 6.07) is 5.38. The maximum absolute atomic E-state index is 12.5. The Morgan fingerprint density at radius 3 is 3.08 bits per heavy atom. The number of carbonyl (C=O) groups excluding carboxylic acids is 1. The topological polar surface area (TPSA) is 108 Å². The van der Waals surface area contributed by atoms with Crippen LogP contribution in [-0.2, 0) is 0 Å². The number of amides is 1. The number of piperidine rings is 1. The molecular weight excluding hydrogens is 340 g/mol. The number of hydrogen-bond donors (Lipinski definition) is 2. The Kier molecular flexibility index (Phi) is 4.14. The Labute approximate surface area is 147 Å². The third kappa shape index (κ3) is 3.22. The second kappa shape index (κ2) is 6.60. The van der Waals surface area contributed by atoms with Crippen LogP contribution in [0.4, 0.5) is 0 Å². The van der Waals surface area contributed by atoms with Crippen molar-refractivity contribution >= 4 is 17.2 Å². The summed E-state index contributed by atoms with van der Waals surface area (Å²) in [6.45, 7) is 1.15. The molecule has 0 spiro atoms. The molecule has 1 saturated heterocycles. The Hall–Kier alpha value is -2.81. The van der Waals surface area contributed by atoms with Crippen molar-refractivity contribution in [1.82, 2.24) is 30.0 Å². The molecule has 0 aliphatic carbocycles. The minimum Gasteiger partial charge on any atom is -0.335 e. The van der Waals surface area contributed by atoms with Gasteiger partial charge in [-0.2, -0.15) is 5.10 Å². The van der Waals surface area contributed by atoms with Crippen molar-refractivity contribution in [2.75, 3.05) is 13.1 Å². The second-order valence-corrected chi connectivity index (χ2v) is 6.87. The summed E-state index contributed by atoms with van der Waals surface area (Å²) in [5, 5.41) is 8.28. The molecule has 1 fully saturated rings. The van der Waals surface area contributed by atoms with E-state index in [0.29, 0.717) is 24.6 Å². The smallest absolute Gasteiger partial charge is 0.291 e. The minimum absolute atomic E-state index is 0.00627. The van der Waals surface area contributed by atoms with Crippen molar-refractivity contribution < 1.29 is 4.79 Å². The fourth-order valence-electron chi connectivity index (χ4n) is 3.06. The first-order valence-electron chi connectivity index (χ1n) is 8.00. The third-order valence-corrected chi connectivity index (χ3v) is 5.14. The lowest BCUT2D eigenvalue weighted by Gasteiger charge is -2.31. The molecule has 25 heavy (non-hydrogen) atoms. The van der Waals surface area contributed by atoms with Crippen LogP contribution in [0.25, 0.3) is 10.6 Å². The van der Waals surface area contributed by atoms with Crippen molar-refractivity contribution in [3.8, 4) is 10.6 Å². The van der Waals surface area contributed by atoms with Crippen molar-refractivity contribution in [3.05, 3.63) is 51.9 Å². The highest BCUT2D eigenvalue weighted by Gasteiger charge is 2.28. The van der Waals surface area contributed by atoms with E-state index >= 15 is 0 Å². The van der Waals surface area contributed by atoms with Gasteiger partial charge in [0.15, 0.2) is 0 Å². The van der Waals surface area contributed by atoms with Crippen LogP contribution in [0.5, 0.6) is 0 Å². The van der Waals surface area contributed by atoms with Crippen LogP contribution in [0.3, 0.4) is 0 Å². The van der Waals surface area contributed by atoms with Crippen molar-refractivity contribution in [2.45, 2.75) is 18.8 Å². The number of carbonyl (C=O) groups is 1. The highest BCUT2D eigenvalue weighted by atomic mass is 32.1. The molecule has 9 heteroatoms. The van der Waals surface area contributed by atoms with Gasteiger partial charge in [-0.3, -0.25) is 14.7 Å². The number of aromatic nitrogens is 5. The summed E-state index contributed by atoms with van der Waals surface area (Å²) in [4.78, 5) is 38.6. The van der Waals surface area contributed by atoms with Crippen molar-refractivity contribution in [2.24, 2.45) is 0 Å². The van der Waals surface area contributed by atoms with E-state index in [4.69, 9.17) is 0 Å². The van der Waals surface area contributed by atoms with Gasteiger partial charge in [0.25, 0.3) is 11.5 Å². The SMILES string of the molecule is O=C(c1ncn[nH]1)N1CCC[C@H](c2nc(-c3cccs3)cc(=O)[nH]2)C1. The quantitative estimate of drug-likeness (QED) is 0.742. The zero-order valence-corrected chi connectivity index (χ0v) is 14.1. The first-order valence-corrected chi connectivity index (χ1v) is 8.88. The molecule has 1 aliphatic rings. The lowest BCUT2D eigenvalue weighted by atomic mass is 9.97. The van der Waals surface area contributed by atoms with E-state index in [1.807, 2.05) is 17.5 Å².